The fraction of sp³-hybridized carbons (Fsp3) is 0.292. The van der Waals surface area contributed by atoms with Crippen molar-refractivity contribution in [3.05, 3.63) is 87.0 Å². The highest BCUT2D eigenvalue weighted by Crippen LogP contribution is 2.37. The van der Waals surface area contributed by atoms with Crippen molar-refractivity contribution in [2.75, 3.05) is 36.8 Å². The average molecular weight is 492 g/mol. The van der Waals surface area contributed by atoms with Gasteiger partial charge in [0.15, 0.2) is 0 Å². The second-order valence-electron chi connectivity index (χ2n) is 8.33. The second-order valence-corrected chi connectivity index (χ2v) is 9.61. The van der Waals surface area contributed by atoms with Crippen LogP contribution in [0.5, 0.6) is 0 Å². The van der Waals surface area contributed by atoms with Gasteiger partial charge in [0.1, 0.15) is 5.82 Å². The fourth-order valence-electron chi connectivity index (χ4n) is 4.27. The van der Waals surface area contributed by atoms with Crippen LogP contribution in [-0.2, 0) is 5.60 Å². The van der Waals surface area contributed by atoms with Crippen molar-refractivity contribution in [1.82, 2.24) is 9.88 Å². The average Bonchev–Trinajstić information content (AvgIpc) is 2.74. The van der Waals surface area contributed by atoms with Gasteiger partial charge in [0.2, 0.25) is 0 Å². The summed E-state index contributed by atoms with van der Waals surface area (Å²) in [6.07, 6.45) is 1.62. The summed E-state index contributed by atoms with van der Waals surface area (Å²) in [4.78, 5) is 8.58. The number of piperazine rings is 1. The quantitative estimate of drug-likeness (QED) is 0.500. The van der Waals surface area contributed by atoms with Crippen LogP contribution in [0.4, 0.5) is 11.5 Å². The molecule has 0 bridgehead atoms. The van der Waals surface area contributed by atoms with E-state index in [4.69, 9.17) is 40.5 Å². The number of rotatable bonds is 5. The fourth-order valence-corrected chi connectivity index (χ4v) is 4.91. The number of anilines is 2. The molecule has 1 aliphatic rings. The Hall–Kier alpha value is -2.02. The summed E-state index contributed by atoms with van der Waals surface area (Å²) in [6.45, 7) is 4.48. The van der Waals surface area contributed by atoms with Crippen molar-refractivity contribution in [2.24, 2.45) is 0 Å². The molecule has 0 radical (unpaired) electrons. The molecule has 168 valence electrons. The third-order valence-electron chi connectivity index (χ3n) is 5.87. The number of benzene rings is 2. The Kier molecular flexibility index (Phi) is 6.84. The molecule has 1 fully saturated rings. The first-order chi connectivity index (χ1) is 15.2. The van der Waals surface area contributed by atoms with Gasteiger partial charge in [-0.25, -0.2) is 4.98 Å². The number of nitrogens with two attached hydrogens (primary N) is 1. The molecule has 0 saturated carbocycles. The Morgan fingerprint density at radius 1 is 1.03 bits per heavy atom. The van der Waals surface area contributed by atoms with Gasteiger partial charge in [-0.1, -0.05) is 46.9 Å². The Labute approximate surface area is 203 Å². The summed E-state index contributed by atoms with van der Waals surface area (Å²) < 4.78 is 0. The first-order valence-electron chi connectivity index (χ1n) is 10.4. The van der Waals surface area contributed by atoms with E-state index in [1.807, 2.05) is 43.3 Å². The van der Waals surface area contributed by atoms with E-state index in [2.05, 4.69) is 14.8 Å². The monoisotopic (exact) mass is 490 g/mol. The van der Waals surface area contributed by atoms with Gasteiger partial charge in [0.25, 0.3) is 0 Å². The van der Waals surface area contributed by atoms with Crippen LogP contribution in [0.3, 0.4) is 0 Å². The molecule has 4 rings (SSSR count). The predicted octanol–water partition coefficient (Wildman–Crippen LogP) is 5.40. The van der Waals surface area contributed by atoms with Crippen LogP contribution in [0, 0.1) is 0 Å². The predicted molar refractivity (Wildman–Crippen MR) is 133 cm³/mol. The smallest absolute Gasteiger partial charge is 0.123 e. The van der Waals surface area contributed by atoms with Crippen molar-refractivity contribution in [3.63, 3.8) is 0 Å². The van der Waals surface area contributed by atoms with E-state index >= 15 is 0 Å². The molecule has 0 spiro atoms. The van der Waals surface area contributed by atoms with Crippen molar-refractivity contribution < 1.29 is 5.11 Å². The Morgan fingerprint density at radius 2 is 1.75 bits per heavy atom. The number of hydrogen-bond donors (Lipinski definition) is 2. The standard InChI is InChI=1S/C24H25Cl3N4O/c1-24(32,17-8-9-29-23(28)12-17)15-30-10-11-31(21-7-6-19(26)13-20(21)27)22(14-30)16-2-4-18(25)5-3-16/h2-9,12-13,22,32H,10-11,14-15H2,1H3,(H2,28,29)/t22-,24-/m0/s1. The van der Waals surface area contributed by atoms with Gasteiger partial charge in [0.05, 0.1) is 22.4 Å². The number of β-amino-alcohol motifs (C(OH)–C–C–N with tert-alkyl or cyclic N) is 1. The number of nitrogen functional groups attached to an aromatic ring is 1. The highest BCUT2D eigenvalue weighted by molar-refractivity contribution is 6.36. The van der Waals surface area contributed by atoms with Crippen LogP contribution in [0.25, 0.3) is 0 Å². The summed E-state index contributed by atoms with van der Waals surface area (Å²) in [5.41, 5.74) is 7.57. The highest BCUT2D eigenvalue weighted by atomic mass is 35.5. The summed E-state index contributed by atoms with van der Waals surface area (Å²) in [6, 6.07) is 17.0. The summed E-state index contributed by atoms with van der Waals surface area (Å²) in [7, 11) is 0. The van der Waals surface area contributed by atoms with Gasteiger partial charge >= 0.3 is 0 Å². The first-order valence-corrected chi connectivity index (χ1v) is 11.5. The van der Waals surface area contributed by atoms with Crippen molar-refractivity contribution >= 4 is 46.3 Å². The maximum atomic E-state index is 11.2. The van der Waals surface area contributed by atoms with Gasteiger partial charge in [0, 0.05) is 42.4 Å². The molecular formula is C24H25Cl3N4O. The molecule has 32 heavy (non-hydrogen) atoms. The highest BCUT2D eigenvalue weighted by Gasteiger charge is 2.34. The first kappa shape index (κ1) is 23.1. The molecular weight excluding hydrogens is 467 g/mol. The third kappa shape index (κ3) is 5.13. The van der Waals surface area contributed by atoms with Crippen LogP contribution in [-0.4, -0.2) is 41.2 Å². The van der Waals surface area contributed by atoms with Crippen molar-refractivity contribution in [1.29, 1.82) is 0 Å². The van der Waals surface area contributed by atoms with E-state index in [-0.39, 0.29) is 6.04 Å². The van der Waals surface area contributed by atoms with E-state index in [1.165, 1.54) is 0 Å². The van der Waals surface area contributed by atoms with Crippen LogP contribution < -0.4 is 10.6 Å². The Morgan fingerprint density at radius 3 is 2.44 bits per heavy atom. The number of hydrogen-bond acceptors (Lipinski definition) is 5. The largest absolute Gasteiger partial charge is 0.384 e. The van der Waals surface area contributed by atoms with Gasteiger partial charge in [-0.05, 0) is 60.5 Å². The van der Waals surface area contributed by atoms with E-state index < -0.39 is 5.60 Å². The third-order valence-corrected chi connectivity index (χ3v) is 6.66. The minimum absolute atomic E-state index is 0.0259. The molecule has 5 nitrogen and oxygen atoms in total. The zero-order valence-corrected chi connectivity index (χ0v) is 19.9. The molecule has 0 unspecified atom stereocenters. The molecule has 8 heteroatoms. The van der Waals surface area contributed by atoms with E-state index in [1.54, 1.807) is 24.4 Å². The summed E-state index contributed by atoms with van der Waals surface area (Å²) >= 11 is 18.8. The van der Waals surface area contributed by atoms with Crippen LogP contribution in [0.2, 0.25) is 15.1 Å². The molecule has 3 N–H and O–H groups in total. The zero-order valence-electron chi connectivity index (χ0n) is 17.7. The second kappa shape index (κ2) is 9.46. The molecule has 1 aromatic heterocycles. The summed E-state index contributed by atoms with van der Waals surface area (Å²) in [5, 5.41) is 13.1. The molecule has 0 amide bonds. The molecule has 0 aliphatic carbocycles. The van der Waals surface area contributed by atoms with Gasteiger partial charge in [-0.2, -0.15) is 0 Å². The zero-order chi connectivity index (χ0) is 22.9. The van der Waals surface area contributed by atoms with Gasteiger partial charge < -0.3 is 15.7 Å². The minimum Gasteiger partial charge on any atom is -0.384 e. The van der Waals surface area contributed by atoms with Crippen molar-refractivity contribution in [3.8, 4) is 0 Å². The maximum absolute atomic E-state index is 11.2. The van der Waals surface area contributed by atoms with Gasteiger partial charge in [-0.3, -0.25) is 4.90 Å². The maximum Gasteiger partial charge on any atom is 0.123 e. The lowest BCUT2D eigenvalue weighted by atomic mass is 9.94. The van der Waals surface area contributed by atoms with Gasteiger partial charge in [-0.15, -0.1) is 0 Å². The molecule has 2 heterocycles. The van der Waals surface area contributed by atoms with Crippen molar-refractivity contribution in [2.45, 2.75) is 18.6 Å². The summed E-state index contributed by atoms with van der Waals surface area (Å²) in [5.74, 6) is 0.393. The lowest BCUT2D eigenvalue weighted by molar-refractivity contribution is 0.0103. The van der Waals surface area contributed by atoms with E-state index in [0.29, 0.717) is 34.0 Å². The van der Waals surface area contributed by atoms with Crippen LogP contribution in [0.15, 0.2) is 60.8 Å². The Bertz CT molecular complexity index is 1090. The van der Waals surface area contributed by atoms with E-state index in [0.717, 1.165) is 29.9 Å². The lowest BCUT2D eigenvalue weighted by Gasteiger charge is -2.45. The normalized spacial score (nSPS) is 19.0. The minimum atomic E-state index is -1.07. The lowest BCUT2D eigenvalue weighted by Crippen LogP contribution is -2.52. The number of aromatic nitrogens is 1. The number of nitrogens with zero attached hydrogens (tertiary/aromatic N) is 3. The molecule has 1 saturated heterocycles. The van der Waals surface area contributed by atoms with E-state index in [9.17, 15) is 5.11 Å². The van der Waals surface area contributed by atoms with Crippen LogP contribution >= 0.6 is 34.8 Å². The SMILES string of the molecule is C[C@](O)(CN1CCN(c2ccc(Cl)cc2Cl)[C@H](c2ccc(Cl)cc2)C1)c1ccnc(N)c1. The number of pyridine rings is 1. The molecule has 2 aromatic carbocycles. The topological polar surface area (TPSA) is 65.6 Å². The Balaban J connectivity index is 1.62. The molecule has 1 aliphatic heterocycles. The number of halogens is 3. The molecule has 2 atom stereocenters. The number of aliphatic hydroxyl groups is 1. The molecule has 3 aromatic rings. The van der Waals surface area contributed by atoms with Crippen LogP contribution in [0.1, 0.15) is 24.1 Å².